The zero-order chi connectivity index (χ0) is 15.1. The molecule has 0 aromatic heterocycles. The Bertz CT molecular complexity index is 165. The van der Waals surface area contributed by atoms with Gasteiger partial charge in [-0.05, 0) is 44.8 Å². The molecule has 0 aromatic rings. The molecule has 1 heteroatoms. The molecule has 0 N–H and O–H groups in total. The lowest BCUT2D eigenvalue weighted by molar-refractivity contribution is 0.253. The SMILES string of the molecule is CCCCCCN(CCCCCC)CCCCC(C)C. The molecule has 0 aliphatic carbocycles. The van der Waals surface area contributed by atoms with Crippen molar-refractivity contribution in [3.05, 3.63) is 0 Å². The van der Waals surface area contributed by atoms with Gasteiger partial charge in [0.05, 0.1) is 0 Å². The van der Waals surface area contributed by atoms with Crippen LogP contribution in [-0.4, -0.2) is 24.5 Å². The molecule has 0 saturated heterocycles. The second-order valence-corrected chi connectivity index (χ2v) is 6.85. The van der Waals surface area contributed by atoms with Gasteiger partial charge in [-0.25, -0.2) is 0 Å². The van der Waals surface area contributed by atoms with Crippen LogP contribution in [0.5, 0.6) is 0 Å². The Balaban J connectivity index is 3.73. The second-order valence-electron chi connectivity index (χ2n) is 6.85. The van der Waals surface area contributed by atoms with Crippen LogP contribution in [0.25, 0.3) is 0 Å². The highest BCUT2D eigenvalue weighted by Crippen LogP contribution is 2.10. The molecule has 0 saturated carbocycles. The van der Waals surface area contributed by atoms with Gasteiger partial charge in [-0.1, -0.05) is 79.1 Å². The quantitative estimate of drug-likeness (QED) is 0.320. The topological polar surface area (TPSA) is 3.24 Å². The molecule has 0 atom stereocenters. The lowest BCUT2D eigenvalue weighted by atomic mass is 10.1. The first-order chi connectivity index (χ1) is 9.70. The average molecular weight is 284 g/mol. The van der Waals surface area contributed by atoms with Crippen LogP contribution in [0.2, 0.25) is 0 Å². The van der Waals surface area contributed by atoms with E-state index in [-0.39, 0.29) is 0 Å². The number of hydrogen-bond acceptors (Lipinski definition) is 1. The molecule has 0 unspecified atom stereocenters. The third-order valence-corrected chi connectivity index (χ3v) is 4.16. The van der Waals surface area contributed by atoms with Gasteiger partial charge < -0.3 is 4.90 Å². The monoisotopic (exact) mass is 283 g/mol. The summed E-state index contributed by atoms with van der Waals surface area (Å²) in [4.78, 5) is 2.74. The van der Waals surface area contributed by atoms with Crippen LogP contribution < -0.4 is 0 Å². The Hall–Kier alpha value is -0.0400. The van der Waals surface area contributed by atoms with Gasteiger partial charge in [0.2, 0.25) is 0 Å². The predicted octanol–water partition coefficient (Wildman–Crippen LogP) is 6.28. The van der Waals surface area contributed by atoms with Crippen molar-refractivity contribution in [2.75, 3.05) is 19.6 Å². The van der Waals surface area contributed by atoms with Gasteiger partial charge in [0.1, 0.15) is 0 Å². The van der Waals surface area contributed by atoms with Crippen molar-refractivity contribution in [3.63, 3.8) is 0 Å². The Labute approximate surface area is 129 Å². The van der Waals surface area contributed by atoms with Gasteiger partial charge in [-0.15, -0.1) is 0 Å². The maximum absolute atomic E-state index is 2.74. The zero-order valence-corrected chi connectivity index (χ0v) is 14.9. The van der Waals surface area contributed by atoms with Crippen molar-refractivity contribution in [1.82, 2.24) is 4.90 Å². The number of hydrogen-bond donors (Lipinski definition) is 0. The highest BCUT2D eigenvalue weighted by atomic mass is 15.1. The molecule has 0 bridgehead atoms. The standard InChI is InChI=1S/C19H41N/c1-5-7-9-12-16-20(17-13-10-8-6-2)18-14-11-15-19(3)4/h19H,5-18H2,1-4H3. The van der Waals surface area contributed by atoms with Gasteiger partial charge in [0, 0.05) is 0 Å². The second kappa shape index (κ2) is 15.4. The van der Waals surface area contributed by atoms with Crippen LogP contribution in [0.4, 0.5) is 0 Å². The Morgan fingerprint density at radius 1 is 0.600 bits per heavy atom. The lowest BCUT2D eigenvalue weighted by Crippen LogP contribution is -2.27. The van der Waals surface area contributed by atoms with Crippen LogP contribution in [0.3, 0.4) is 0 Å². The van der Waals surface area contributed by atoms with E-state index < -0.39 is 0 Å². The summed E-state index contributed by atoms with van der Waals surface area (Å²) >= 11 is 0. The van der Waals surface area contributed by atoms with Crippen molar-refractivity contribution in [3.8, 4) is 0 Å². The van der Waals surface area contributed by atoms with Gasteiger partial charge in [0.25, 0.3) is 0 Å². The maximum Gasteiger partial charge on any atom is -0.00187 e. The van der Waals surface area contributed by atoms with Crippen LogP contribution in [0, 0.1) is 5.92 Å². The largest absolute Gasteiger partial charge is 0.303 e. The smallest absolute Gasteiger partial charge is 0.00187 e. The van der Waals surface area contributed by atoms with E-state index in [1.165, 1.54) is 90.3 Å². The van der Waals surface area contributed by atoms with E-state index in [2.05, 4.69) is 32.6 Å². The van der Waals surface area contributed by atoms with Crippen LogP contribution in [-0.2, 0) is 0 Å². The fourth-order valence-electron chi connectivity index (χ4n) is 2.75. The maximum atomic E-state index is 2.74. The molecular formula is C19H41N. The number of unbranched alkanes of at least 4 members (excludes halogenated alkanes) is 7. The minimum atomic E-state index is 0.873. The van der Waals surface area contributed by atoms with E-state index in [0.717, 1.165) is 5.92 Å². The van der Waals surface area contributed by atoms with Crippen LogP contribution in [0.15, 0.2) is 0 Å². The summed E-state index contributed by atoms with van der Waals surface area (Å²) in [6.07, 6.45) is 15.4. The minimum Gasteiger partial charge on any atom is -0.303 e. The van der Waals surface area contributed by atoms with Crippen molar-refractivity contribution in [1.29, 1.82) is 0 Å². The molecule has 0 rings (SSSR count). The summed E-state index contributed by atoms with van der Waals surface area (Å²) in [5.41, 5.74) is 0. The molecule has 0 amide bonds. The summed E-state index contributed by atoms with van der Waals surface area (Å²) in [6, 6.07) is 0. The molecule has 0 aliphatic rings. The molecule has 0 aromatic carbocycles. The Morgan fingerprint density at radius 3 is 1.45 bits per heavy atom. The molecular weight excluding hydrogens is 242 g/mol. The van der Waals surface area contributed by atoms with Gasteiger partial charge >= 0.3 is 0 Å². The van der Waals surface area contributed by atoms with Crippen molar-refractivity contribution >= 4 is 0 Å². The highest BCUT2D eigenvalue weighted by Gasteiger charge is 2.05. The van der Waals surface area contributed by atoms with Gasteiger partial charge in [0.15, 0.2) is 0 Å². The summed E-state index contributed by atoms with van der Waals surface area (Å²) in [5.74, 6) is 0.873. The fourth-order valence-corrected chi connectivity index (χ4v) is 2.75. The summed E-state index contributed by atoms with van der Waals surface area (Å²) in [5, 5.41) is 0. The van der Waals surface area contributed by atoms with Crippen molar-refractivity contribution in [2.24, 2.45) is 5.92 Å². The zero-order valence-electron chi connectivity index (χ0n) is 14.9. The third kappa shape index (κ3) is 14.4. The van der Waals surface area contributed by atoms with E-state index in [4.69, 9.17) is 0 Å². The fraction of sp³-hybridized carbons (Fsp3) is 1.00. The average Bonchev–Trinajstić information content (AvgIpc) is 2.43. The molecule has 0 fully saturated rings. The molecule has 0 aliphatic heterocycles. The number of nitrogens with zero attached hydrogens (tertiary/aromatic N) is 1. The first-order valence-electron chi connectivity index (χ1n) is 9.43. The Morgan fingerprint density at radius 2 is 1.05 bits per heavy atom. The molecule has 0 heterocycles. The molecule has 0 spiro atoms. The molecule has 122 valence electrons. The van der Waals surface area contributed by atoms with E-state index in [1.54, 1.807) is 0 Å². The highest BCUT2D eigenvalue weighted by molar-refractivity contribution is 4.60. The van der Waals surface area contributed by atoms with Crippen LogP contribution >= 0.6 is 0 Å². The molecule has 0 radical (unpaired) electrons. The predicted molar refractivity (Wildman–Crippen MR) is 93.4 cm³/mol. The third-order valence-electron chi connectivity index (χ3n) is 4.16. The van der Waals surface area contributed by atoms with Crippen molar-refractivity contribution in [2.45, 2.75) is 98.3 Å². The van der Waals surface area contributed by atoms with Crippen molar-refractivity contribution < 1.29 is 0 Å². The van der Waals surface area contributed by atoms with E-state index in [1.807, 2.05) is 0 Å². The van der Waals surface area contributed by atoms with Crippen LogP contribution in [0.1, 0.15) is 98.3 Å². The first kappa shape index (κ1) is 20.0. The van der Waals surface area contributed by atoms with Gasteiger partial charge in [-0.3, -0.25) is 0 Å². The minimum absolute atomic E-state index is 0.873. The summed E-state index contributed by atoms with van der Waals surface area (Å²) < 4.78 is 0. The molecule has 1 nitrogen and oxygen atoms in total. The first-order valence-corrected chi connectivity index (χ1v) is 9.43. The van der Waals surface area contributed by atoms with E-state index in [0.29, 0.717) is 0 Å². The summed E-state index contributed by atoms with van der Waals surface area (Å²) in [7, 11) is 0. The molecule has 20 heavy (non-hydrogen) atoms. The van der Waals surface area contributed by atoms with Gasteiger partial charge in [-0.2, -0.15) is 0 Å². The Kier molecular flexibility index (Phi) is 15.3. The lowest BCUT2D eigenvalue weighted by Gasteiger charge is -2.22. The number of rotatable bonds is 15. The van der Waals surface area contributed by atoms with E-state index >= 15 is 0 Å². The summed E-state index contributed by atoms with van der Waals surface area (Å²) in [6.45, 7) is 13.3. The normalized spacial score (nSPS) is 11.7. The van der Waals surface area contributed by atoms with E-state index in [9.17, 15) is 0 Å².